The first-order valence-electron chi connectivity index (χ1n) is 6.68. The van der Waals surface area contributed by atoms with Gasteiger partial charge in [-0.2, -0.15) is 5.26 Å². The number of nitrogens with one attached hydrogen (secondary N) is 1. The van der Waals surface area contributed by atoms with Crippen LogP contribution in [0.3, 0.4) is 0 Å². The molecular weight excluding hydrogens is 269 g/mol. The molecule has 0 radical (unpaired) electrons. The van der Waals surface area contributed by atoms with Crippen LogP contribution in [-0.4, -0.2) is 23.2 Å². The van der Waals surface area contributed by atoms with Gasteiger partial charge in [-0.15, -0.1) is 0 Å². The van der Waals surface area contributed by atoms with Gasteiger partial charge in [-0.05, 0) is 30.7 Å². The van der Waals surface area contributed by atoms with E-state index >= 15 is 0 Å². The van der Waals surface area contributed by atoms with E-state index < -0.39 is 5.82 Å². The van der Waals surface area contributed by atoms with Gasteiger partial charge < -0.3 is 10.4 Å². The van der Waals surface area contributed by atoms with Gasteiger partial charge in [0, 0.05) is 31.0 Å². The lowest BCUT2D eigenvalue weighted by atomic mass is 10.0. The summed E-state index contributed by atoms with van der Waals surface area (Å²) >= 11 is 0. The summed E-state index contributed by atoms with van der Waals surface area (Å²) in [7, 11) is 0. The van der Waals surface area contributed by atoms with E-state index in [-0.39, 0.29) is 18.1 Å². The molecule has 1 aromatic carbocycles. The van der Waals surface area contributed by atoms with Gasteiger partial charge >= 0.3 is 0 Å². The van der Waals surface area contributed by atoms with Crippen LogP contribution in [0.1, 0.15) is 11.3 Å². The standard InChI is InChI=1S/C16H16FN3O/c17-15-5-3-6-16(14(15)9-18)20-10-12(11-21)8-13-4-1-2-7-19-13/h1-7,12,20-21H,8,10-11H2/t12-/m1/s1. The lowest BCUT2D eigenvalue weighted by Gasteiger charge is -2.16. The van der Waals surface area contributed by atoms with Gasteiger partial charge in [0.05, 0.1) is 5.69 Å². The molecule has 0 amide bonds. The number of pyridine rings is 1. The second-order valence-corrected chi connectivity index (χ2v) is 4.73. The summed E-state index contributed by atoms with van der Waals surface area (Å²) in [6.07, 6.45) is 2.32. The maximum Gasteiger partial charge on any atom is 0.143 e. The molecule has 0 saturated heterocycles. The number of aliphatic hydroxyl groups excluding tert-OH is 1. The minimum absolute atomic E-state index is 0.00738. The Labute approximate surface area is 122 Å². The first kappa shape index (κ1) is 14.9. The zero-order chi connectivity index (χ0) is 15.1. The third-order valence-electron chi connectivity index (χ3n) is 3.19. The Balaban J connectivity index is 2.01. The number of anilines is 1. The van der Waals surface area contributed by atoms with E-state index in [0.717, 1.165) is 5.69 Å². The molecule has 1 aromatic heterocycles. The van der Waals surface area contributed by atoms with Gasteiger partial charge in [-0.3, -0.25) is 4.98 Å². The quantitative estimate of drug-likeness (QED) is 0.855. The summed E-state index contributed by atoms with van der Waals surface area (Å²) in [4.78, 5) is 4.22. The lowest BCUT2D eigenvalue weighted by molar-refractivity contribution is 0.232. The zero-order valence-electron chi connectivity index (χ0n) is 11.5. The highest BCUT2D eigenvalue weighted by Gasteiger charge is 2.12. The Kier molecular flexibility index (Phi) is 5.24. The molecule has 1 heterocycles. The first-order valence-corrected chi connectivity index (χ1v) is 6.68. The van der Waals surface area contributed by atoms with Crippen LogP contribution >= 0.6 is 0 Å². The highest BCUT2D eigenvalue weighted by atomic mass is 19.1. The van der Waals surface area contributed by atoms with Crippen LogP contribution in [0.25, 0.3) is 0 Å². The molecule has 0 saturated carbocycles. The lowest BCUT2D eigenvalue weighted by Crippen LogP contribution is -2.21. The van der Waals surface area contributed by atoms with Gasteiger partial charge in [0.1, 0.15) is 17.4 Å². The van der Waals surface area contributed by atoms with Crippen molar-refractivity contribution in [2.75, 3.05) is 18.5 Å². The van der Waals surface area contributed by atoms with E-state index in [1.165, 1.54) is 6.07 Å². The first-order chi connectivity index (χ1) is 10.2. The van der Waals surface area contributed by atoms with Crippen molar-refractivity contribution in [3.63, 3.8) is 0 Å². The monoisotopic (exact) mass is 285 g/mol. The molecule has 2 N–H and O–H groups in total. The Morgan fingerprint density at radius 3 is 2.81 bits per heavy atom. The smallest absolute Gasteiger partial charge is 0.143 e. The number of benzene rings is 1. The second kappa shape index (κ2) is 7.36. The topological polar surface area (TPSA) is 68.9 Å². The number of rotatable bonds is 6. The molecule has 0 aliphatic rings. The molecule has 0 unspecified atom stereocenters. The summed E-state index contributed by atoms with van der Waals surface area (Å²) < 4.78 is 13.5. The Bertz CT molecular complexity index is 625. The van der Waals surface area contributed by atoms with Crippen molar-refractivity contribution in [1.82, 2.24) is 4.98 Å². The predicted molar refractivity (Wildman–Crippen MR) is 78.1 cm³/mol. The summed E-state index contributed by atoms with van der Waals surface area (Å²) in [5.74, 6) is -0.609. The molecule has 0 aliphatic heterocycles. The van der Waals surface area contributed by atoms with Crippen LogP contribution in [0.2, 0.25) is 0 Å². The molecule has 2 rings (SSSR count). The van der Waals surface area contributed by atoms with Crippen LogP contribution in [0, 0.1) is 23.1 Å². The van der Waals surface area contributed by atoms with Gasteiger partial charge in [-0.1, -0.05) is 12.1 Å². The fourth-order valence-corrected chi connectivity index (χ4v) is 2.06. The second-order valence-electron chi connectivity index (χ2n) is 4.73. The average molecular weight is 285 g/mol. The number of nitrogens with zero attached hydrogens (tertiary/aromatic N) is 2. The highest BCUT2D eigenvalue weighted by molar-refractivity contribution is 5.57. The zero-order valence-corrected chi connectivity index (χ0v) is 11.5. The van der Waals surface area contributed by atoms with Crippen LogP contribution in [0.5, 0.6) is 0 Å². The number of halogens is 1. The Hall–Kier alpha value is -2.45. The van der Waals surface area contributed by atoms with Gasteiger partial charge in [0.25, 0.3) is 0 Å². The molecule has 2 aromatic rings. The molecule has 1 atom stereocenters. The van der Waals surface area contributed by atoms with E-state index in [2.05, 4.69) is 10.3 Å². The average Bonchev–Trinajstić information content (AvgIpc) is 2.52. The van der Waals surface area contributed by atoms with Gasteiger partial charge in [0.15, 0.2) is 0 Å². The van der Waals surface area contributed by atoms with Crippen LogP contribution in [0.4, 0.5) is 10.1 Å². The van der Waals surface area contributed by atoms with E-state index in [1.54, 1.807) is 18.3 Å². The van der Waals surface area contributed by atoms with Crippen molar-refractivity contribution < 1.29 is 9.50 Å². The van der Waals surface area contributed by atoms with Crippen LogP contribution in [-0.2, 0) is 6.42 Å². The SMILES string of the molecule is N#Cc1c(F)cccc1NC[C@H](CO)Cc1ccccn1. The molecule has 21 heavy (non-hydrogen) atoms. The summed E-state index contributed by atoms with van der Waals surface area (Å²) in [5, 5.41) is 21.4. The molecule has 108 valence electrons. The van der Waals surface area contributed by atoms with E-state index in [0.29, 0.717) is 18.7 Å². The third kappa shape index (κ3) is 4.01. The van der Waals surface area contributed by atoms with Gasteiger partial charge in [-0.25, -0.2) is 4.39 Å². The van der Waals surface area contributed by atoms with E-state index in [4.69, 9.17) is 5.26 Å². The fourth-order valence-electron chi connectivity index (χ4n) is 2.06. The summed E-state index contributed by atoms with van der Waals surface area (Å²) in [6, 6.07) is 11.9. The maximum atomic E-state index is 13.5. The van der Waals surface area contributed by atoms with Gasteiger partial charge in [0.2, 0.25) is 0 Å². The van der Waals surface area contributed by atoms with E-state index in [1.807, 2.05) is 24.3 Å². The Morgan fingerprint density at radius 1 is 1.29 bits per heavy atom. The van der Waals surface area contributed by atoms with Crippen molar-refractivity contribution in [3.8, 4) is 6.07 Å². The molecule has 0 fully saturated rings. The largest absolute Gasteiger partial charge is 0.396 e. The van der Waals surface area contributed by atoms with Crippen molar-refractivity contribution in [2.24, 2.45) is 5.92 Å². The molecule has 0 aliphatic carbocycles. The minimum atomic E-state index is -0.548. The van der Waals surface area contributed by atoms with Crippen molar-refractivity contribution in [1.29, 1.82) is 5.26 Å². The number of hydrogen-bond donors (Lipinski definition) is 2. The maximum absolute atomic E-state index is 13.5. The molecule has 4 nitrogen and oxygen atoms in total. The molecule has 5 heteroatoms. The number of aliphatic hydroxyl groups is 1. The predicted octanol–water partition coefficient (Wildman–Crippen LogP) is 2.36. The molecule has 0 spiro atoms. The Morgan fingerprint density at radius 2 is 2.14 bits per heavy atom. The van der Waals surface area contributed by atoms with Crippen molar-refractivity contribution in [2.45, 2.75) is 6.42 Å². The molecular formula is C16H16FN3O. The van der Waals surface area contributed by atoms with Crippen LogP contribution < -0.4 is 5.32 Å². The number of hydrogen-bond acceptors (Lipinski definition) is 4. The van der Waals surface area contributed by atoms with E-state index in [9.17, 15) is 9.50 Å². The summed E-state index contributed by atoms with van der Waals surface area (Å²) in [5.41, 5.74) is 1.32. The minimum Gasteiger partial charge on any atom is -0.396 e. The normalized spacial score (nSPS) is 11.7. The highest BCUT2D eigenvalue weighted by Crippen LogP contribution is 2.18. The third-order valence-corrected chi connectivity index (χ3v) is 3.19. The van der Waals surface area contributed by atoms with Crippen molar-refractivity contribution in [3.05, 3.63) is 59.7 Å². The summed E-state index contributed by atoms with van der Waals surface area (Å²) in [6.45, 7) is 0.423. The van der Waals surface area contributed by atoms with Crippen LogP contribution in [0.15, 0.2) is 42.6 Å². The molecule has 0 bridgehead atoms. The number of aromatic nitrogens is 1. The van der Waals surface area contributed by atoms with Crippen molar-refractivity contribution >= 4 is 5.69 Å². The fraction of sp³-hybridized carbons (Fsp3) is 0.250. The number of nitriles is 1.